The molecule has 19 heavy (non-hydrogen) atoms. The summed E-state index contributed by atoms with van der Waals surface area (Å²) in [5.41, 5.74) is 1.18. The fourth-order valence-electron chi connectivity index (χ4n) is 1.78. The van der Waals surface area contributed by atoms with Crippen LogP contribution in [0.5, 0.6) is 5.75 Å². The van der Waals surface area contributed by atoms with Gasteiger partial charge in [-0.2, -0.15) is 0 Å². The van der Waals surface area contributed by atoms with Gasteiger partial charge < -0.3 is 19.9 Å². The third-order valence-corrected chi connectivity index (χ3v) is 2.61. The average Bonchev–Trinajstić information content (AvgIpc) is 2.35. The Kier molecular flexibility index (Phi) is 7.48. The minimum absolute atomic E-state index is 0.187. The van der Waals surface area contributed by atoms with Crippen LogP contribution in [-0.2, 0) is 11.3 Å². The Bertz CT molecular complexity index is 355. The third-order valence-electron chi connectivity index (χ3n) is 2.61. The molecule has 1 unspecified atom stereocenters. The maximum absolute atomic E-state index is 9.50. The second-order valence-electron chi connectivity index (χ2n) is 4.89. The van der Waals surface area contributed by atoms with Crippen LogP contribution in [0.4, 0.5) is 0 Å². The molecule has 2 N–H and O–H groups in total. The number of nitrogens with one attached hydrogen (secondary N) is 1. The predicted molar refractivity (Wildman–Crippen MR) is 76.4 cm³/mol. The van der Waals surface area contributed by atoms with E-state index in [9.17, 15) is 5.11 Å². The largest absolute Gasteiger partial charge is 0.491 e. The van der Waals surface area contributed by atoms with Gasteiger partial charge in [0.25, 0.3) is 0 Å². The zero-order valence-corrected chi connectivity index (χ0v) is 12.1. The lowest BCUT2D eigenvalue weighted by atomic mass is 10.2. The van der Waals surface area contributed by atoms with Crippen LogP contribution in [0, 0.1) is 0 Å². The van der Waals surface area contributed by atoms with Crippen LogP contribution in [0.25, 0.3) is 0 Å². The number of rotatable bonds is 9. The van der Waals surface area contributed by atoms with E-state index in [4.69, 9.17) is 9.47 Å². The highest BCUT2D eigenvalue weighted by Crippen LogP contribution is 2.14. The lowest BCUT2D eigenvalue weighted by Crippen LogP contribution is -2.23. The highest BCUT2D eigenvalue weighted by atomic mass is 16.5. The third kappa shape index (κ3) is 7.15. The van der Waals surface area contributed by atoms with Crippen molar-refractivity contribution in [1.82, 2.24) is 5.32 Å². The fourth-order valence-corrected chi connectivity index (χ4v) is 1.78. The van der Waals surface area contributed by atoms with E-state index in [2.05, 4.69) is 11.4 Å². The smallest absolute Gasteiger partial charge is 0.120 e. The van der Waals surface area contributed by atoms with Crippen molar-refractivity contribution < 1.29 is 14.6 Å². The van der Waals surface area contributed by atoms with Crippen LogP contribution >= 0.6 is 0 Å². The van der Waals surface area contributed by atoms with E-state index in [0.717, 1.165) is 18.8 Å². The molecule has 0 heterocycles. The van der Waals surface area contributed by atoms with Gasteiger partial charge in [-0.25, -0.2) is 0 Å². The molecule has 0 saturated heterocycles. The van der Waals surface area contributed by atoms with Gasteiger partial charge in [0.2, 0.25) is 0 Å². The summed E-state index contributed by atoms with van der Waals surface area (Å²) in [4.78, 5) is 0. The summed E-state index contributed by atoms with van der Waals surface area (Å²) >= 11 is 0. The van der Waals surface area contributed by atoms with Gasteiger partial charge in [0, 0.05) is 13.7 Å². The highest BCUT2D eigenvalue weighted by Gasteiger charge is 2.03. The first-order valence-corrected chi connectivity index (χ1v) is 6.75. The van der Waals surface area contributed by atoms with Crippen molar-refractivity contribution in [2.45, 2.75) is 39.0 Å². The Hall–Kier alpha value is -1.10. The van der Waals surface area contributed by atoms with Gasteiger partial charge in [-0.1, -0.05) is 12.1 Å². The maximum Gasteiger partial charge on any atom is 0.120 e. The Morgan fingerprint density at radius 3 is 2.79 bits per heavy atom. The van der Waals surface area contributed by atoms with Crippen molar-refractivity contribution in [1.29, 1.82) is 0 Å². The maximum atomic E-state index is 9.50. The van der Waals surface area contributed by atoms with Crippen molar-refractivity contribution in [2.24, 2.45) is 0 Å². The van der Waals surface area contributed by atoms with E-state index >= 15 is 0 Å². The molecule has 0 bridgehead atoms. The summed E-state index contributed by atoms with van der Waals surface area (Å²) in [5.74, 6) is 0.897. The van der Waals surface area contributed by atoms with Crippen molar-refractivity contribution in [3.8, 4) is 5.75 Å². The van der Waals surface area contributed by atoms with Crippen LogP contribution in [0.1, 0.15) is 25.8 Å². The predicted octanol–water partition coefficient (Wildman–Crippen LogP) is 1.96. The zero-order valence-electron chi connectivity index (χ0n) is 12.1. The molecule has 0 radical (unpaired) electrons. The van der Waals surface area contributed by atoms with Gasteiger partial charge in [0.15, 0.2) is 0 Å². The van der Waals surface area contributed by atoms with E-state index in [-0.39, 0.29) is 6.10 Å². The van der Waals surface area contributed by atoms with Crippen LogP contribution in [0.15, 0.2) is 24.3 Å². The van der Waals surface area contributed by atoms with Crippen LogP contribution in [0.3, 0.4) is 0 Å². The van der Waals surface area contributed by atoms with E-state index in [1.54, 1.807) is 7.11 Å². The number of benzene rings is 1. The number of hydrogen-bond acceptors (Lipinski definition) is 4. The van der Waals surface area contributed by atoms with Crippen molar-refractivity contribution in [2.75, 3.05) is 20.3 Å². The van der Waals surface area contributed by atoms with Crippen molar-refractivity contribution in [3.05, 3.63) is 29.8 Å². The zero-order chi connectivity index (χ0) is 14.1. The molecule has 4 nitrogen and oxygen atoms in total. The first-order valence-electron chi connectivity index (χ1n) is 6.75. The van der Waals surface area contributed by atoms with E-state index in [1.807, 2.05) is 32.0 Å². The molecule has 4 heteroatoms. The first-order chi connectivity index (χ1) is 9.11. The molecule has 0 saturated carbocycles. The molecule has 0 aliphatic heterocycles. The first kappa shape index (κ1) is 16.0. The minimum atomic E-state index is -0.395. The molecular formula is C15H25NO3. The van der Waals surface area contributed by atoms with Gasteiger partial charge in [-0.15, -0.1) is 0 Å². The van der Waals surface area contributed by atoms with Gasteiger partial charge >= 0.3 is 0 Å². The van der Waals surface area contributed by atoms with Crippen molar-refractivity contribution >= 4 is 0 Å². The summed E-state index contributed by atoms with van der Waals surface area (Å²) in [6.07, 6.45) is 0.483. The van der Waals surface area contributed by atoms with E-state index in [0.29, 0.717) is 13.0 Å². The van der Waals surface area contributed by atoms with Crippen molar-refractivity contribution in [3.63, 3.8) is 0 Å². The SMILES string of the molecule is COCC(O)CCNCc1cccc(OC(C)C)c1. The summed E-state index contributed by atoms with van der Waals surface area (Å²) in [5, 5.41) is 12.8. The molecule has 0 aromatic heterocycles. The topological polar surface area (TPSA) is 50.7 Å². The van der Waals surface area contributed by atoms with Gasteiger partial charge in [-0.05, 0) is 44.5 Å². The fraction of sp³-hybridized carbons (Fsp3) is 0.600. The van der Waals surface area contributed by atoms with E-state index in [1.165, 1.54) is 5.56 Å². The lowest BCUT2D eigenvalue weighted by Gasteiger charge is -2.12. The summed E-state index contributed by atoms with van der Waals surface area (Å²) in [6, 6.07) is 8.06. The minimum Gasteiger partial charge on any atom is -0.491 e. The summed E-state index contributed by atoms with van der Waals surface area (Å²) < 4.78 is 10.5. The van der Waals surface area contributed by atoms with Crippen LogP contribution in [-0.4, -0.2) is 37.6 Å². The molecular weight excluding hydrogens is 242 g/mol. The summed E-state index contributed by atoms with van der Waals surface area (Å²) in [7, 11) is 1.59. The average molecular weight is 267 g/mol. The number of methoxy groups -OCH3 is 1. The molecule has 1 aromatic carbocycles. The Labute approximate surface area is 115 Å². The molecule has 0 amide bonds. The Morgan fingerprint density at radius 2 is 2.11 bits per heavy atom. The second kappa shape index (κ2) is 8.91. The quantitative estimate of drug-likeness (QED) is 0.672. The standard InChI is InChI=1S/C15H25NO3/c1-12(2)19-15-6-4-5-13(9-15)10-16-8-7-14(17)11-18-3/h4-6,9,12,14,16-17H,7-8,10-11H2,1-3H3. The monoisotopic (exact) mass is 267 g/mol. The lowest BCUT2D eigenvalue weighted by molar-refractivity contribution is 0.0594. The molecule has 0 fully saturated rings. The summed E-state index contributed by atoms with van der Waals surface area (Å²) in [6.45, 7) is 5.96. The molecule has 0 spiro atoms. The molecule has 0 aliphatic rings. The Morgan fingerprint density at radius 1 is 1.32 bits per heavy atom. The number of aliphatic hydroxyl groups is 1. The number of hydrogen-bond donors (Lipinski definition) is 2. The normalized spacial score (nSPS) is 12.7. The number of aliphatic hydroxyl groups excluding tert-OH is 1. The number of ether oxygens (including phenoxy) is 2. The molecule has 108 valence electrons. The second-order valence-corrected chi connectivity index (χ2v) is 4.89. The van der Waals surface area contributed by atoms with Gasteiger partial charge in [0.1, 0.15) is 5.75 Å². The highest BCUT2D eigenvalue weighted by molar-refractivity contribution is 5.28. The van der Waals surface area contributed by atoms with Crippen LogP contribution in [0.2, 0.25) is 0 Å². The Balaban J connectivity index is 2.29. The van der Waals surface area contributed by atoms with Crippen LogP contribution < -0.4 is 10.1 Å². The molecule has 1 aromatic rings. The van der Waals surface area contributed by atoms with Gasteiger partial charge in [0.05, 0.1) is 18.8 Å². The van der Waals surface area contributed by atoms with Gasteiger partial charge in [-0.3, -0.25) is 0 Å². The molecule has 0 aliphatic carbocycles. The molecule has 1 rings (SSSR count). The van der Waals surface area contributed by atoms with E-state index < -0.39 is 6.10 Å². The molecule has 1 atom stereocenters.